The highest BCUT2D eigenvalue weighted by molar-refractivity contribution is 7.64. The quantitative estimate of drug-likeness (QED) is 0.548. The van der Waals surface area contributed by atoms with Crippen molar-refractivity contribution in [3.05, 3.63) is 12.3 Å². The molecule has 0 saturated heterocycles. The van der Waals surface area contributed by atoms with Gasteiger partial charge in [-0.25, -0.2) is 0 Å². The van der Waals surface area contributed by atoms with Gasteiger partial charge < -0.3 is 9.30 Å². The average Bonchev–Trinajstić information content (AvgIpc) is 2.15. The first kappa shape index (κ1) is 7.87. The van der Waals surface area contributed by atoms with Gasteiger partial charge in [0.15, 0.2) is 0 Å². The molecule has 2 nitrogen and oxygen atoms in total. The predicted octanol–water partition coefficient (Wildman–Crippen LogP) is 1.91. The van der Waals surface area contributed by atoms with E-state index in [9.17, 15) is 4.57 Å². The van der Waals surface area contributed by atoms with Crippen molar-refractivity contribution in [1.29, 1.82) is 0 Å². The minimum Gasteiger partial charge on any atom is -0.501 e. The molecule has 1 rings (SSSR count). The Morgan fingerprint density at radius 2 is 2.50 bits per heavy atom. The van der Waals surface area contributed by atoms with Gasteiger partial charge in [-0.1, -0.05) is 6.92 Å². The Morgan fingerprint density at radius 1 is 1.70 bits per heavy atom. The van der Waals surface area contributed by atoms with E-state index in [1.54, 1.807) is 6.26 Å². The lowest BCUT2D eigenvalue weighted by atomic mass is 10.7. The summed E-state index contributed by atoms with van der Waals surface area (Å²) in [5.41, 5.74) is 0. The van der Waals surface area contributed by atoms with Crippen LogP contribution >= 0.6 is 7.14 Å². The third-order valence-corrected chi connectivity index (χ3v) is 4.85. The van der Waals surface area contributed by atoms with E-state index in [1.807, 2.05) is 13.0 Å². The second kappa shape index (κ2) is 3.25. The maximum atomic E-state index is 11.7. The molecule has 58 valence electrons. The SMILES string of the molecule is CCP1(=O)CC=COCC1. The maximum Gasteiger partial charge on any atom is 0.0945 e. The molecule has 1 heterocycles. The van der Waals surface area contributed by atoms with Gasteiger partial charge in [-0.05, 0) is 12.2 Å². The highest BCUT2D eigenvalue weighted by atomic mass is 31.2. The molecule has 0 bridgehead atoms. The predicted molar refractivity (Wildman–Crippen MR) is 43.0 cm³/mol. The lowest BCUT2D eigenvalue weighted by Crippen LogP contribution is -1.98. The van der Waals surface area contributed by atoms with E-state index in [2.05, 4.69) is 0 Å². The summed E-state index contributed by atoms with van der Waals surface area (Å²) in [4.78, 5) is 0. The first-order valence-corrected chi connectivity index (χ1v) is 5.87. The average molecular weight is 160 g/mol. The smallest absolute Gasteiger partial charge is 0.0945 e. The highest BCUT2D eigenvalue weighted by Crippen LogP contribution is 2.45. The fourth-order valence-corrected chi connectivity index (χ4v) is 2.63. The third-order valence-electron chi connectivity index (χ3n) is 1.82. The normalized spacial score (nSPS) is 32.9. The second-order valence-corrected chi connectivity index (χ2v) is 6.08. The third kappa shape index (κ3) is 1.88. The molecule has 0 N–H and O–H groups in total. The highest BCUT2D eigenvalue weighted by Gasteiger charge is 2.18. The molecule has 0 fully saturated rings. The van der Waals surface area contributed by atoms with Gasteiger partial charge in [0.1, 0.15) is 0 Å². The van der Waals surface area contributed by atoms with Crippen LogP contribution in [0.5, 0.6) is 0 Å². The Labute approximate surface area is 61.6 Å². The Kier molecular flexibility index (Phi) is 2.56. The lowest BCUT2D eigenvalue weighted by molar-refractivity contribution is 0.272. The molecule has 1 unspecified atom stereocenters. The van der Waals surface area contributed by atoms with E-state index >= 15 is 0 Å². The lowest BCUT2D eigenvalue weighted by Gasteiger charge is -2.10. The summed E-state index contributed by atoms with van der Waals surface area (Å²) in [5.74, 6) is 0. The second-order valence-electron chi connectivity index (χ2n) is 2.52. The van der Waals surface area contributed by atoms with Crippen LogP contribution in [-0.2, 0) is 9.30 Å². The Morgan fingerprint density at radius 3 is 3.20 bits per heavy atom. The maximum absolute atomic E-state index is 11.7. The molecule has 0 saturated carbocycles. The van der Waals surface area contributed by atoms with Crippen LogP contribution in [-0.4, -0.2) is 25.1 Å². The molecule has 1 atom stereocenters. The van der Waals surface area contributed by atoms with Gasteiger partial charge in [0.25, 0.3) is 0 Å². The molecular weight excluding hydrogens is 147 g/mol. The summed E-state index contributed by atoms with van der Waals surface area (Å²) >= 11 is 0. The van der Waals surface area contributed by atoms with E-state index in [1.165, 1.54) is 0 Å². The summed E-state index contributed by atoms with van der Waals surface area (Å²) in [6, 6.07) is 0. The minimum absolute atomic E-state index is 0.627. The van der Waals surface area contributed by atoms with Crippen LogP contribution in [0.1, 0.15) is 6.92 Å². The van der Waals surface area contributed by atoms with Crippen molar-refractivity contribution in [3.8, 4) is 0 Å². The van der Waals surface area contributed by atoms with E-state index in [4.69, 9.17) is 4.74 Å². The van der Waals surface area contributed by atoms with Crippen LogP contribution in [0.25, 0.3) is 0 Å². The van der Waals surface area contributed by atoms with Gasteiger partial charge in [-0.15, -0.1) is 0 Å². The van der Waals surface area contributed by atoms with Gasteiger partial charge in [-0.2, -0.15) is 0 Å². The standard InChI is InChI=1S/C7H13O2P/c1-2-10(8)6-3-4-9-5-7-10/h3-4H,2,5-7H2,1H3. The van der Waals surface area contributed by atoms with Gasteiger partial charge in [0.2, 0.25) is 0 Å². The molecule has 0 spiro atoms. The van der Waals surface area contributed by atoms with Gasteiger partial charge >= 0.3 is 0 Å². The molecule has 3 heteroatoms. The summed E-state index contributed by atoms with van der Waals surface area (Å²) in [6.07, 6.45) is 5.81. The molecular formula is C7H13O2P. The minimum atomic E-state index is -1.85. The Bertz CT molecular complexity index is 174. The first-order chi connectivity index (χ1) is 4.77. The van der Waals surface area contributed by atoms with Crippen LogP contribution in [0.15, 0.2) is 12.3 Å². The summed E-state index contributed by atoms with van der Waals surface area (Å²) < 4.78 is 16.7. The van der Waals surface area contributed by atoms with E-state index in [0.29, 0.717) is 6.61 Å². The molecule has 0 aromatic rings. The molecule has 0 aliphatic carbocycles. The Balaban J connectivity index is 2.60. The van der Waals surface area contributed by atoms with Crippen LogP contribution in [0.3, 0.4) is 0 Å². The van der Waals surface area contributed by atoms with E-state index in [-0.39, 0.29) is 0 Å². The van der Waals surface area contributed by atoms with Crippen molar-refractivity contribution < 1.29 is 9.30 Å². The van der Waals surface area contributed by atoms with Crippen molar-refractivity contribution in [3.63, 3.8) is 0 Å². The largest absolute Gasteiger partial charge is 0.501 e. The molecule has 0 aromatic heterocycles. The number of ether oxygens (including phenoxy) is 1. The topological polar surface area (TPSA) is 26.3 Å². The molecule has 0 amide bonds. The number of hydrogen-bond donors (Lipinski definition) is 0. The van der Waals surface area contributed by atoms with Crippen molar-refractivity contribution in [2.45, 2.75) is 6.92 Å². The monoisotopic (exact) mass is 160 g/mol. The van der Waals surface area contributed by atoms with Gasteiger partial charge in [0.05, 0.1) is 20.0 Å². The Hall–Kier alpha value is -0.230. The molecule has 1 aliphatic heterocycles. The van der Waals surface area contributed by atoms with Crippen molar-refractivity contribution in [2.24, 2.45) is 0 Å². The van der Waals surface area contributed by atoms with Crippen LogP contribution in [0, 0.1) is 0 Å². The zero-order valence-corrected chi connectivity index (χ0v) is 7.14. The van der Waals surface area contributed by atoms with Crippen molar-refractivity contribution in [1.82, 2.24) is 0 Å². The van der Waals surface area contributed by atoms with Gasteiger partial charge in [-0.3, -0.25) is 0 Å². The molecule has 0 aromatic carbocycles. The summed E-state index contributed by atoms with van der Waals surface area (Å²) in [7, 11) is -1.85. The molecule has 0 radical (unpaired) electrons. The van der Waals surface area contributed by atoms with Crippen molar-refractivity contribution in [2.75, 3.05) is 25.1 Å². The van der Waals surface area contributed by atoms with Gasteiger partial charge in [0, 0.05) is 12.3 Å². The zero-order chi connectivity index (χ0) is 7.45. The summed E-state index contributed by atoms with van der Waals surface area (Å²) in [5, 5.41) is 0. The number of rotatable bonds is 1. The molecule has 10 heavy (non-hydrogen) atoms. The number of allylic oxidation sites excluding steroid dienone is 1. The van der Waals surface area contributed by atoms with Crippen molar-refractivity contribution >= 4 is 7.14 Å². The number of hydrogen-bond acceptors (Lipinski definition) is 2. The summed E-state index contributed by atoms with van der Waals surface area (Å²) in [6.45, 7) is 2.61. The first-order valence-electron chi connectivity index (χ1n) is 3.60. The molecule has 1 aliphatic rings. The van der Waals surface area contributed by atoms with E-state index < -0.39 is 7.14 Å². The zero-order valence-electron chi connectivity index (χ0n) is 6.25. The van der Waals surface area contributed by atoms with E-state index in [0.717, 1.165) is 18.5 Å². The fourth-order valence-electron chi connectivity index (χ4n) is 0.969. The van der Waals surface area contributed by atoms with Crippen LogP contribution in [0.2, 0.25) is 0 Å². The fraction of sp³-hybridized carbons (Fsp3) is 0.714. The van der Waals surface area contributed by atoms with Crippen LogP contribution < -0.4 is 0 Å². The van der Waals surface area contributed by atoms with Crippen LogP contribution in [0.4, 0.5) is 0 Å².